The summed E-state index contributed by atoms with van der Waals surface area (Å²) in [4.78, 5) is 10.5. The van der Waals surface area contributed by atoms with E-state index in [9.17, 15) is 4.79 Å². The Morgan fingerprint density at radius 2 is 2.31 bits per heavy atom. The van der Waals surface area contributed by atoms with Crippen LogP contribution in [0.5, 0.6) is 0 Å². The van der Waals surface area contributed by atoms with Crippen molar-refractivity contribution in [3.8, 4) is 0 Å². The van der Waals surface area contributed by atoms with E-state index in [1.165, 1.54) is 12.6 Å². The summed E-state index contributed by atoms with van der Waals surface area (Å²) in [5.41, 5.74) is 0.00665. The molecule has 16 heavy (non-hydrogen) atoms. The van der Waals surface area contributed by atoms with E-state index < -0.39 is 5.97 Å². The average Bonchev–Trinajstić information content (AvgIpc) is 2.65. The van der Waals surface area contributed by atoms with Crippen molar-refractivity contribution in [3.05, 3.63) is 11.9 Å². The van der Waals surface area contributed by atoms with Gasteiger partial charge in [-0.05, 0) is 18.1 Å². The maximum absolute atomic E-state index is 10.5. The molecule has 1 aromatic rings. The second kappa shape index (κ2) is 6.52. The Labute approximate surface area is 99.2 Å². The predicted molar refractivity (Wildman–Crippen MR) is 63.8 cm³/mol. The number of carbonyl (C=O) groups is 1. The Morgan fingerprint density at radius 1 is 1.56 bits per heavy atom. The fourth-order valence-corrected chi connectivity index (χ4v) is 2.24. The van der Waals surface area contributed by atoms with E-state index in [1.54, 1.807) is 4.68 Å². The van der Waals surface area contributed by atoms with Crippen molar-refractivity contribution in [3.63, 3.8) is 0 Å². The van der Waals surface area contributed by atoms with E-state index in [-0.39, 0.29) is 5.69 Å². The van der Waals surface area contributed by atoms with Crippen LogP contribution < -0.4 is 0 Å². The zero-order valence-electron chi connectivity index (χ0n) is 9.59. The molecule has 1 rings (SSSR count). The van der Waals surface area contributed by atoms with Gasteiger partial charge < -0.3 is 5.11 Å². The number of hydrogen-bond donors (Lipinski definition) is 1. The van der Waals surface area contributed by atoms with Gasteiger partial charge in [-0.1, -0.05) is 19.1 Å². The van der Waals surface area contributed by atoms with E-state index in [0.29, 0.717) is 6.54 Å². The lowest BCUT2D eigenvalue weighted by atomic mass is 10.2. The standard InChI is InChI=1S/C10H17N3O2S/c1-8(2)3-5-16-6-4-13-7-9(10(14)15)11-12-13/h7-8H,3-6H2,1-2H3,(H,14,15). The lowest BCUT2D eigenvalue weighted by Gasteiger charge is -2.03. The Hall–Kier alpha value is -1.04. The molecule has 5 nitrogen and oxygen atoms in total. The van der Waals surface area contributed by atoms with Crippen molar-refractivity contribution < 1.29 is 9.90 Å². The van der Waals surface area contributed by atoms with Crippen LogP contribution in [0.2, 0.25) is 0 Å². The van der Waals surface area contributed by atoms with Crippen LogP contribution in [0.1, 0.15) is 30.8 Å². The van der Waals surface area contributed by atoms with Gasteiger partial charge >= 0.3 is 5.97 Å². The second-order valence-corrected chi connectivity index (χ2v) is 5.19. The molecule has 0 unspecified atom stereocenters. The summed E-state index contributed by atoms with van der Waals surface area (Å²) in [5, 5.41) is 15.9. The summed E-state index contributed by atoms with van der Waals surface area (Å²) in [5.74, 6) is 1.78. The SMILES string of the molecule is CC(C)CCSCCn1cc(C(=O)O)nn1. The molecular formula is C10H17N3O2S. The minimum absolute atomic E-state index is 0.00665. The summed E-state index contributed by atoms with van der Waals surface area (Å²) in [6, 6.07) is 0. The van der Waals surface area contributed by atoms with Gasteiger partial charge in [0.15, 0.2) is 5.69 Å². The minimum atomic E-state index is -1.03. The third kappa shape index (κ3) is 4.65. The molecule has 90 valence electrons. The monoisotopic (exact) mass is 243 g/mol. The Morgan fingerprint density at radius 3 is 2.88 bits per heavy atom. The van der Waals surface area contributed by atoms with Crippen molar-refractivity contribution in [1.82, 2.24) is 15.0 Å². The molecule has 1 heterocycles. The summed E-state index contributed by atoms with van der Waals surface area (Å²) in [7, 11) is 0. The van der Waals surface area contributed by atoms with Crippen LogP contribution in [0.25, 0.3) is 0 Å². The highest BCUT2D eigenvalue weighted by atomic mass is 32.2. The maximum atomic E-state index is 10.5. The molecule has 6 heteroatoms. The van der Waals surface area contributed by atoms with Gasteiger partial charge in [-0.3, -0.25) is 4.68 Å². The van der Waals surface area contributed by atoms with Gasteiger partial charge in [0.1, 0.15) is 0 Å². The molecule has 0 saturated heterocycles. The second-order valence-electron chi connectivity index (χ2n) is 3.97. The molecule has 0 aromatic carbocycles. The maximum Gasteiger partial charge on any atom is 0.358 e. The largest absolute Gasteiger partial charge is 0.476 e. The number of aromatic nitrogens is 3. The smallest absolute Gasteiger partial charge is 0.358 e. The van der Waals surface area contributed by atoms with Crippen molar-refractivity contribution in [2.45, 2.75) is 26.8 Å². The highest BCUT2D eigenvalue weighted by Crippen LogP contribution is 2.08. The molecule has 0 saturated carbocycles. The summed E-state index contributed by atoms with van der Waals surface area (Å²) in [6.45, 7) is 5.12. The van der Waals surface area contributed by atoms with Crippen molar-refractivity contribution >= 4 is 17.7 Å². The molecule has 0 radical (unpaired) electrons. The molecule has 0 bridgehead atoms. The number of hydrogen-bond acceptors (Lipinski definition) is 4. The zero-order valence-corrected chi connectivity index (χ0v) is 10.4. The summed E-state index contributed by atoms with van der Waals surface area (Å²) < 4.78 is 1.58. The summed E-state index contributed by atoms with van der Waals surface area (Å²) >= 11 is 1.86. The topological polar surface area (TPSA) is 68.0 Å². The highest BCUT2D eigenvalue weighted by Gasteiger charge is 2.07. The van der Waals surface area contributed by atoms with Gasteiger partial charge in [0, 0.05) is 5.75 Å². The van der Waals surface area contributed by atoms with E-state index >= 15 is 0 Å². The van der Waals surface area contributed by atoms with Crippen LogP contribution in [0, 0.1) is 5.92 Å². The lowest BCUT2D eigenvalue weighted by Crippen LogP contribution is -2.02. The van der Waals surface area contributed by atoms with Gasteiger partial charge in [0.05, 0.1) is 12.7 Å². The van der Waals surface area contributed by atoms with Gasteiger partial charge in [-0.15, -0.1) is 5.10 Å². The molecule has 1 aromatic heterocycles. The Bertz CT molecular complexity index is 339. The third-order valence-corrected chi connectivity index (χ3v) is 3.06. The molecule has 0 aliphatic rings. The molecule has 0 spiro atoms. The molecule has 0 aliphatic heterocycles. The molecule has 0 fully saturated rings. The minimum Gasteiger partial charge on any atom is -0.476 e. The van der Waals surface area contributed by atoms with E-state index in [2.05, 4.69) is 24.2 Å². The number of carboxylic acid groups (broad SMARTS) is 1. The van der Waals surface area contributed by atoms with Crippen molar-refractivity contribution in [2.75, 3.05) is 11.5 Å². The lowest BCUT2D eigenvalue weighted by molar-refractivity contribution is 0.0690. The number of aryl methyl sites for hydroxylation is 1. The number of thioether (sulfide) groups is 1. The summed E-state index contributed by atoms with van der Waals surface area (Å²) in [6.07, 6.45) is 2.67. The first-order valence-corrected chi connectivity index (χ1v) is 6.46. The Kier molecular flexibility index (Phi) is 5.31. The fraction of sp³-hybridized carbons (Fsp3) is 0.700. The number of nitrogens with zero attached hydrogens (tertiary/aromatic N) is 3. The van der Waals surface area contributed by atoms with Crippen molar-refractivity contribution in [1.29, 1.82) is 0 Å². The average molecular weight is 243 g/mol. The number of rotatable bonds is 7. The Balaban J connectivity index is 2.19. The molecule has 1 N–H and O–H groups in total. The van der Waals surface area contributed by atoms with Gasteiger partial charge in [0.2, 0.25) is 0 Å². The number of carboxylic acids is 1. The first-order chi connectivity index (χ1) is 7.59. The molecular weight excluding hydrogens is 226 g/mol. The zero-order chi connectivity index (χ0) is 12.0. The van der Waals surface area contributed by atoms with Gasteiger partial charge in [-0.25, -0.2) is 4.79 Å². The fourth-order valence-electron chi connectivity index (χ4n) is 1.08. The van der Waals surface area contributed by atoms with Crippen LogP contribution in [-0.4, -0.2) is 37.6 Å². The number of aromatic carboxylic acids is 1. The first-order valence-electron chi connectivity index (χ1n) is 5.30. The van der Waals surface area contributed by atoms with Crippen LogP contribution in [0.3, 0.4) is 0 Å². The van der Waals surface area contributed by atoms with Crippen LogP contribution in [0.4, 0.5) is 0 Å². The van der Waals surface area contributed by atoms with Gasteiger partial charge in [-0.2, -0.15) is 11.8 Å². The predicted octanol–water partition coefficient (Wildman–Crippen LogP) is 1.76. The molecule has 0 amide bonds. The van der Waals surface area contributed by atoms with E-state index in [4.69, 9.17) is 5.11 Å². The van der Waals surface area contributed by atoms with Gasteiger partial charge in [0.25, 0.3) is 0 Å². The normalized spacial score (nSPS) is 10.9. The van der Waals surface area contributed by atoms with E-state index in [1.807, 2.05) is 11.8 Å². The van der Waals surface area contributed by atoms with Crippen LogP contribution >= 0.6 is 11.8 Å². The highest BCUT2D eigenvalue weighted by molar-refractivity contribution is 7.99. The quantitative estimate of drug-likeness (QED) is 0.739. The first kappa shape index (κ1) is 13.0. The van der Waals surface area contributed by atoms with Crippen molar-refractivity contribution in [2.24, 2.45) is 5.92 Å². The van der Waals surface area contributed by atoms with E-state index in [0.717, 1.165) is 17.4 Å². The van der Waals surface area contributed by atoms with Crippen LogP contribution in [-0.2, 0) is 6.54 Å². The molecule has 0 aliphatic carbocycles. The van der Waals surface area contributed by atoms with Crippen LogP contribution in [0.15, 0.2) is 6.20 Å². The molecule has 0 atom stereocenters. The third-order valence-electron chi connectivity index (χ3n) is 2.06.